The second-order valence-corrected chi connectivity index (χ2v) is 7.12. The van der Waals surface area contributed by atoms with Crippen molar-refractivity contribution in [1.82, 2.24) is 4.98 Å². The number of nitrogens with zero attached hydrogens (tertiary/aromatic N) is 1. The molecule has 0 spiro atoms. The van der Waals surface area contributed by atoms with Gasteiger partial charge in [-0.3, -0.25) is 0 Å². The minimum atomic E-state index is 0.186. The van der Waals surface area contributed by atoms with Crippen LogP contribution in [0.5, 0.6) is 0 Å². The third-order valence-electron chi connectivity index (χ3n) is 4.06. The zero-order chi connectivity index (χ0) is 13.5. The Morgan fingerprint density at radius 3 is 2.74 bits per heavy atom. The quantitative estimate of drug-likeness (QED) is 0.802. The maximum atomic E-state index is 6.19. The number of anilines is 2. The molecule has 102 valence electrons. The van der Waals surface area contributed by atoms with E-state index in [0.29, 0.717) is 0 Å². The van der Waals surface area contributed by atoms with E-state index in [9.17, 15) is 0 Å². The van der Waals surface area contributed by atoms with Gasteiger partial charge in [0.1, 0.15) is 0 Å². The number of nitrogens with two attached hydrogens (primary N) is 1. The molecule has 1 heterocycles. The fraction of sp³-hybridized carbons (Fsp3) is 0.533. The fourth-order valence-corrected chi connectivity index (χ4v) is 3.85. The van der Waals surface area contributed by atoms with Crippen LogP contribution in [0, 0.1) is 6.92 Å². The molecule has 19 heavy (non-hydrogen) atoms. The number of aryl methyl sites for hydroxylation is 1. The molecule has 0 saturated heterocycles. The molecule has 2 aromatic rings. The number of aromatic nitrogens is 1. The van der Waals surface area contributed by atoms with E-state index in [2.05, 4.69) is 29.4 Å². The highest BCUT2D eigenvalue weighted by atomic mass is 32.1. The van der Waals surface area contributed by atoms with Crippen LogP contribution in [0.3, 0.4) is 0 Å². The summed E-state index contributed by atoms with van der Waals surface area (Å²) in [6.45, 7) is 4.35. The number of nitrogens with one attached hydrogen (secondary N) is 1. The van der Waals surface area contributed by atoms with E-state index in [1.165, 1.54) is 36.8 Å². The first-order chi connectivity index (χ1) is 9.06. The number of fused-ring (bicyclic) bond motifs is 1. The summed E-state index contributed by atoms with van der Waals surface area (Å²) in [5, 5.41) is 4.76. The van der Waals surface area contributed by atoms with Crippen molar-refractivity contribution >= 4 is 32.9 Å². The Hall–Kier alpha value is -1.29. The Bertz CT molecular complexity index is 597. The van der Waals surface area contributed by atoms with Crippen LogP contribution >= 0.6 is 11.3 Å². The number of hydrogen-bond donors (Lipinski definition) is 2. The van der Waals surface area contributed by atoms with Crippen molar-refractivity contribution in [2.45, 2.75) is 51.5 Å². The van der Waals surface area contributed by atoms with Crippen molar-refractivity contribution in [1.29, 1.82) is 0 Å². The molecule has 3 rings (SSSR count). The van der Waals surface area contributed by atoms with Crippen molar-refractivity contribution in [2.75, 3.05) is 11.1 Å². The van der Waals surface area contributed by atoms with Crippen LogP contribution in [0.15, 0.2) is 12.1 Å². The molecule has 0 aliphatic heterocycles. The predicted octanol–water partition coefficient (Wildman–Crippen LogP) is 4.32. The van der Waals surface area contributed by atoms with Crippen LogP contribution < -0.4 is 11.1 Å². The molecule has 1 aromatic heterocycles. The van der Waals surface area contributed by atoms with Gasteiger partial charge in [0.15, 0.2) is 0 Å². The van der Waals surface area contributed by atoms with Gasteiger partial charge in [-0.15, -0.1) is 11.3 Å². The molecule has 3 N–H and O–H groups in total. The minimum Gasteiger partial charge on any atom is -0.397 e. The molecule has 4 heteroatoms. The van der Waals surface area contributed by atoms with Gasteiger partial charge in [-0.1, -0.05) is 19.3 Å². The van der Waals surface area contributed by atoms with E-state index in [1.807, 2.05) is 6.92 Å². The zero-order valence-corrected chi connectivity index (χ0v) is 12.4. The molecule has 0 radical (unpaired) electrons. The van der Waals surface area contributed by atoms with E-state index in [4.69, 9.17) is 5.73 Å². The lowest BCUT2D eigenvalue weighted by Crippen LogP contribution is -2.36. The molecular formula is C15H21N3S. The molecule has 0 unspecified atom stereocenters. The van der Waals surface area contributed by atoms with Gasteiger partial charge >= 0.3 is 0 Å². The van der Waals surface area contributed by atoms with Crippen LogP contribution in [0.2, 0.25) is 0 Å². The zero-order valence-electron chi connectivity index (χ0n) is 11.6. The van der Waals surface area contributed by atoms with Crippen molar-refractivity contribution < 1.29 is 0 Å². The summed E-state index contributed by atoms with van der Waals surface area (Å²) >= 11 is 1.70. The molecule has 3 nitrogen and oxygen atoms in total. The van der Waals surface area contributed by atoms with E-state index in [0.717, 1.165) is 21.9 Å². The highest BCUT2D eigenvalue weighted by Crippen LogP contribution is 2.35. The van der Waals surface area contributed by atoms with Crippen LogP contribution in [0.25, 0.3) is 10.2 Å². The first-order valence-corrected chi connectivity index (χ1v) is 7.82. The maximum Gasteiger partial charge on any atom is 0.0907 e. The van der Waals surface area contributed by atoms with Gasteiger partial charge in [-0.25, -0.2) is 4.98 Å². The predicted molar refractivity (Wildman–Crippen MR) is 83.9 cm³/mol. The second kappa shape index (κ2) is 4.67. The van der Waals surface area contributed by atoms with E-state index < -0.39 is 0 Å². The Morgan fingerprint density at radius 2 is 2.00 bits per heavy atom. The average molecular weight is 275 g/mol. The molecule has 1 saturated carbocycles. The summed E-state index contributed by atoms with van der Waals surface area (Å²) in [5.41, 5.74) is 9.31. The molecule has 1 aliphatic carbocycles. The average Bonchev–Trinajstić information content (AvgIpc) is 2.69. The lowest BCUT2D eigenvalue weighted by molar-refractivity contribution is 0.349. The monoisotopic (exact) mass is 275 g/mol. The van der Waals surface area contributed by atoms with Crippen molar-refractivity contribution in [3.8, 4) is 0 Å². The second-order valence-electron chi connectivity index (χ2n) is 5.89. The normalized spacial score (nSPS) is 18.6. The molecule has 1 aliphatic rings. The Balaban J connectivity index is 1.93. The highest BCUT2D eigenvalue weighted by molar-refractivity contribution is 7.18. The Labute approximate surface area is 118 Å². The molecule has 0 atom stereocenters. The number of rotatable bonds is 2. The van der Waals surface area contributed by atoms with Gasteiger partial charge in [0.2, 0.25) is 0 Å². The SMILES string of the molecule is Cc1nc2cc(NC3(C)CCCCC3)c(N)cc2s1. The van der Waals surface area contributed by atoms with Crippen LogP contribution in [-0.4, -0.2) is 10.5 Å². The number of thiazole rings is 1. The fourth-order valence-electron chi connectivity index (χ4n) is 3.00. The summed E-state index contributed by atoms with van der Waals surface area (Å²) in [6.07, 6.45) is 6.42. The Morgan fingerprint density at radius 1 is 1.26 bits per heavy atom. The number of benzene rings is 1. The van der Waals surface area contributed by atoms with Gasteiger partial charge in [0.05, 0.1) is 26.6 Å². The van der Waals surface area contributed by atoms with Crippen molar-refractivity contribution in [3.05, 3.63) is 17.1 Å². The van der Waals surface area contributed by atoms with Crippen LogP contribution in [0.4, 0.5) is 11.4 Å². The smallest absolute Gasteiger partial charge is 0.0907 e. The third-order valence-corrected chi connectivity index (χ3v) is 4.99. The van der Waals surface area contributed by atoms with Gasteiger partial charge < -0.3 is 11.1 Å². The topological polar surface area (TPSA) is 50.9 Å². The highest BCUT2D eigenvalue weighted by Gasteiger charge is 2.27. The van der Waals surface area contributed by atoms with Gasteiger partial charge in [0, 0.05) is 5.54 Å². The lowest BCUT2D eigenvalue weighted by Gasteiger charge is -2.36. The lowest BCUT2D eigenvalue weighted by atomic mass is 9.83. The van der Waals surface area contributed by atoms with E-state index in [-0.39, 0.29) is 5.54 Å². The molecule has 1 aromatic carbocycles. The van der Waals surface area contributed by atoms with E-state index in [1.54, 1.807) is 11.3 Å². The van der Waals surface area contributed by atoms with Crippen LogP contribution in [-0.2, 0) is 0 Å². The standard InChI is InChI=1S/C15H21N3S/c1-10-17-13-9-12(11(16)8-14(13)19-10)18-15(2)6-4-3-5-7-15/h8-9,18H,3-7,16H2,1-2H3. The largest absolute Gasteiger partial charge is 0.397 e. The molecule has 0 bridgehead atoms. The number of hydrogen-bond acceptors (Lipinski definition) is 4. The third kappa shape index (κ3) is 2.54. The summed E-state index contributed by atoms with van der Waals surface area (Å²) in [6, 6.07) is 4.16. The first kappa shape index (κ1) is 12.7. The maximum absolute atomic E-state index is 6.19. The summed E-state index contributed by atoms with van der Waals surface area (Å²) in [4.78, 5) is 4.55. The Kier molecular flexibility index (Phi) is 3.13. The van der Waals surface area contributed by atoms with Crippen LogP contribution in [0.1, 0.15) is 44.0 Å². The summed E-state index contributed by atoms with van der Waals surface area (Å²) < 4.78 is 1.18. The van der Waals surface area contributed by atoms with Gasteiger partial charge in [0.25, 0.3) is 0 Å². The molecule has 1 fully saturated rings. The molecular weight excluding hydrogens is 254 g/mol. The summed E-state index contributed by atoms with van der Waals surface area (Å²) in [7, 11) is 0. The summed E-state index contributed by atoms with van der Waals surface area (Å²) in [5.74, 6) is 0. The van der Waals surface area contributed by atoms with Crippen molar-refractivity contribution in [3.63, 3.8) is 0 Å². The minimum absolute atomic E-state index is 0.186. The van der Waals surface area contributed by atoms with Gasteiger partial charge in [-0.2, -0.15) is 0 Å². The number of nitrogen functional groups attached to an aromatic ring is 1. The molecule has 0 amide bonds. The first-order valence-electron chi connectivity index (χ1n) is 7.01. The van der Waals surface area contributed by atoms with Crippen molar-refractivity contribution in [2.24, 2.45) is 0 Å². The van der Waals surface area contributed by atoms with E-state index >= 15 is 0 Å². The van der Waals surface area contributed by atoms with Gasteiger partial charge in [-0.05, 0) is 38.8 Å².